The second-order valence-electron chi connectivity index (χ2n) is 6.51. The van der Waals surface area contributed by atoms with Crippen molar-refractivity contribution in [2.45, 2.75) is 19.9 Å². The summed E-state index contributed by atoms with van der Waals surface area (Å²) in [6, 6.07) is 16.2. The summed E-state index contributed by atoms with van der Waals surface area (Å²) in [4.78, 5) is 17.7. The van der Waals surface area contributed by atoms with Crippen molar-refractivity contribution in [3.8, 4) is 0 Å². The van der Waals surface area contributed by atoms with Gasteiger partial charge in [0, 0.05) is 24.0 Å². The van der Waals surface area contributed by atoms with Crippen molar-refractivity contribution in [2.75, 3.05) is 18.5 Å². The maximum atomic E-state index is 12.4. The first kappa shape index (κ1) is 17.5. The van der Waals surface area contributed by atoms with Crippen LogP contribution in [0.15, 0.2) is 48.5 Å². The highest BCUT2D eigenvalue weighted by molar-refractivity contribution is 7.80. The molecule has 0 spiro atoms. The van der Waals surface area contributed by atoms with Gasteiger partial charge in [0.25, 0.3) is 0 Å². The van der Waals surface area contributed by atoms with E-state index in [1.165, 1.54) is 11.1 Å². The lowest BCUT2D eigenvalue weighted by Gasteiger charge is -2.31. The zero-order valence-corrected chi connectivity index (χ0v) is 15.9. The van der Waals surface area contributed by atoms with E-state index < -0.39 is 0 Å². The van der Waals surface area contributed by atoms with Crippen LogP contribution in [0.5, 0.6) is 0 Å². The van der Waals surface area contributed by atoms with Crippen molar-refractivity contribution in [3.63, 3.8) is 0 Å². The summed E-state index contributed by atoms with van der Waals surface area (Å²) in [5, 5.41) is 4.83. The number of carbonyl (C=O) groups is 1. The third-order valence-electron chi connectivity index (χ3n) is 4.84. The van der Waals surface area contributed by atoms with E-state index in [9.17, 15) is 4.79 Å². The number of carbonyl (C=O) groups excluding carboxylic acids is 1. The van der Waals surface area contributed by atoms with Crippen molar-refractivity contribution in [1.82, 2.24) is 9.88 Å². The third-order valence-corrected chi connectivity index (χ3v) is 5.20. The Morgan fingerprint density at radius 3 is 2.74 bits per heavy atom. The van der Waals surface area contributed by atoms with E-state index in [4.69, 9.17) is 17.0 Å². The lowest BCUT2D eigenvalue weighted by Crippen LogP contribution is -2.38. The number of hydrogen-bond donors (Lipinski definition) is 2. The lowest BCUT2D eigenvalue weighted by atomic mass is 10.0. The van der Waals surface area contributed by atoms with Crippen LogP contribution < -0.4 is 5.32 Å². The first-order valence-corrected chi connectivity index (χ1v) is 9.48. The molecule has 0 saturated heterocycles. The molecular formula is C21H21N3O2S. The molecule has 0 atom stereocenters. The van der Waals surface area contributed by atoms with Crippen LogP contribution in [0.2, 0.25) is 0 Å². The zero-order valence-electron chi connectivity index (χ0n) is 15.1. The molecular weight excluding hydrogens is 358 g/mol. The molecule has 1 aliphatic heterocycles. The summed E-state index contributed by atoms with van der Waals surface area (Å²) < 4.78 is 5.20. The number of H-pyrrole nitrogens is 1. The van der Waals surface area contributed by atoms with Crippen LogP contribution in [0.1, 0.15) is 28.5 Å². The van der Waals surface area contributed by atoms with Gasteiger partial charge in [0.2, 0.25) is 0 Å². The number of aromatic amines is 1. The zero-order chi connectivity index (χ0) is 18.8. The monoisotopic (exact) mass is 379 g/mol. The van der Waals surface area contributed by atoms with Crippen LogP contribution >= 0.6 is 12.2 Å². The Balaban J connectivity index is 1.62. The summed E-state index contributed by atoms with van der Waals surface area (Å²) in [5.74, 6) is -0.386. The predicted molar refractivity (Wildman–Crippen MR) is 111 cm³/mol. The molecule has 27 heavy (non-hydrogen) atoms. The maximum Gasteiger partial charge on any atom is 0.356 e. The third kappa shape index (κ3) is 3.40. The number of ether oxygens (including phenoxy) is 1. The molecule has 6 heteroatoms. The van der Waals surface area contributed by atoms with Crippen LogP contribution in [-0.2, 0) is 17.7 Å². The number of benzene rings is 2. The normalized spacial score (nSPS) is 13.3. The first-order valence-electron chi connectivity index (χ1n) is 9.08. The van der Waals surface area contributed by atoms with E-state index in [1.54, 1.807) is 6.92 Å². The summed E-state index contributed by atoms with van der Waals surface area (Å²) in [6.07, 6.45) is 0.955. The lowest BCUT2D eigenvalue weighted by molar-refractivity contribution is 0.0522. The molecule has 4 rings (SSSR count). The van der Waals surface area contributed by atoms with Crippen molar-refractivity contribution < 1.29 is 9.53 Å². The van der Waals surface area contributed by atoms with Gasteiger partial charge < -0.3 is 19.9 Å². The van der Waals surface area contributed by atoms with Crippen LogP contribution in [0.3, 0.4) is 0 Å². The van der Waals surface area contributed by atoms with E-state index in [0.717, 1.165) is 30.4 Å². The molecule has 0 amide bonds. The van der Waals surface area contributed by atoms with E-state index in [0.29, 0.717) is 23.1 Å². The van der Waals surface area contributed by atoms with Crippen LogP contribution in [0.4, 0.5) is 5.69 Å². The van der Waals surface area contributed by atoms with Crippen molar-refractivity contribution >= 4 is 39.9 Å². The molecule has 2 N–H and O–H groups in total. The molecule has 5 nitrogen and oxygen atoms in total. The molecule has 0 bridgehead atoms. The second-order valence-corrected chi connectivity index (χ2v) is 6.90. The van der Waals surface area contributed by atoms with Gasteiger partial charge in [-0.2, -0.15) is 0 Å². The number of nitrogens with zero attached hydrogens (tertiary/aromatic N) is 1. The number of anilines is 1. The highest BCUT2D eigenvalue weighted by Gasteiger charge is 2.23. The Morgan fingerprint density at radius 2 is 1.93 bits per heavy atom. The Kier molecular flexibility index (Phi) is 4.81. The number of aromatic nitrogens is 1. The van der Waals surface area contributed by atoms with Crippen molar-refractivity contribution in [3.05, 3.63) is 65.4 Å². The van der Waals surface area contributed by atoms with E-state index in [2.05, 4.69) is 39.5 Å². The minimum absolute atomic E-state index is 0.320. The minimum atomic E-state index is -0.386. The maximum absolute atomic E-state index is 12.4. The molecule has 2 aromatic carbocycles. The molecule has 3 aromatic rings. The average Bonchev–Trinajstić information content (AvgIpc) is 3.06. The van der Waals surface area contributed by atoms with Crippen LogP contribution in [0.25, 0.3) is 10.9 Å². The second kappa shape index (κ2) is 7.40. The smallest absolute Gasteiger partial charge is 0.356 e. The number of fused-ring (bicyclic) bond motifs is 2. The van der Waals surface area contributed by atoms with Crippen LogP contribution in [-0.4, -0.2) is 34.1 Å². The molecule has 2 heterocycles. The molecule has 1 aromatic heterocycles. The standard InChI is InChI=1S/C21H21N3O2S/c1-2-26-20(25)19-18(16-9-5-6-10-17(16)22-19)23-21(27)24-12-11-14-7-3-4-8-15(14)13-24/h3-10,22H,2,11-13H2,1H3,(H,23,27). The Labute approximate surface area is 163 Å². The Bertz CT molecular complexity index is 1010. The number of para-hydroxylation sites is 1. The largest absolute Gasteiger partial charge is 0.461 e. The molecule has 0 radical (unpaired) electrons. The van der Waals surface area contributed by atoms with Gasteiger partial charge in [0.05, 0.1) is 12.3 Å². The number of esters is 1. The molecule has 0 fully saturated rings. The fourth-order valence-corrected chi connectivity index (χ4v) is 3.74. The van der Waals surface area contributed by atoms with Gasteiger partial charge in [-0.25, -0.2) is 4.79 Å². The highest BCUT2D eigenvalue weighted by atomic mass is 32.1. The predicted octanol–water partition coefficient (Wildman–Crippen LogP) is 4.10. The number of hydrogen-bond acceptors (Lipinski definition) is 3. The molecule has 0 unspecified atom stereocenters. The first-order chi connectivity index (χ1) is 13.2. The summed E-state index contributed by atoms with van der Waals surface area (Å²) in [6.45, 7) is 3.73. The van der Waals surface area contributed by atoms with Crippen molar-refractivity contribution in [1.29, 1.82) is 0 Å². The van der Waals surface area contributed by atoms with Gasteiger partial charge in [-0.3, -0.25) is 0 Å². The van der Waals surface area contributed by atoms with Gasteiger partial charge >= 0.3 is 5.97 Å². The molecule has 138 valence electrons. The Hall–Kier alpha value is -2.86. The summed E-state index contributed by atoms with van der Waals surface area (Å²) in [7, 11) is 0. The van der Waals surface area contributed by atoms with Gasteiger partial charge in [0.1, 0.15) is 5.69 Å². The average molecular weight is 379 g/mol. The topological polar surface area (TPSA) is 57.4 Å². The Morgan fingerprint density at radius 1 is 1.19 bits per heavy atom. The summed E-state index contributed by atoms with van der Waals surface area (Å²) >= 11 is 5.67. The number of rotatable bonds is 3. The summed E-state index contributed by atoms with van der Waals surface area (Å²) in [5.41, 5.74) is 4.61. The number of nitrogens with one attached hydrogen (secondary N) is 2. The van der Waals surface area contributed by atoms with E-state index >= 15 is 0 Å². The van der Waals surface area contributed by atoms with Gasteiger partial charge in [0.15, 0.2) is 5.11 Å². The SMILES string of the molecule is CCOC(=O)c1[nH]c2ccccc2c1NC(=S)N1CCc2ccccc2C1. The van der Waals surface area contributed by atoms with E-state index in [1.807, 2.05) is 24.3 Å². The van der Waals surface area contributed by atoms with E-state index in [-0.39, 0.29) is 5.97 Å². The highest BCUT2D eigenvalue weighted by Crippen LogP contribution is 2.29. The molecule has 0 saturated carbocycles. The fourth-order valence-electron chi connectivity index (χ4n) is 3.48. The minimum Gasteiger partial charge on any atom is -0.461 e. The molecule has 1 aliphatic rings. The number of thiocarbonyl (C=S) groups is 1. The van der Waals surface area contributed by atoms with Gasteiger partial charge in [-0.15, -0.1) is 0 Å². The van der Waals surface area contributed by atoms with Crippen LogP contribution in [0, 0.1) is 0 Å². The van der Waals surface area contributed by atoms with Gasteiger partial charge in [-0.1, -0.05) is 42.5 Å². The fraction of sp³-hybridized carbons (Fsp3) is 0.238. The quantitative estimate of drug-likeness (QED) is 0.530. The van der Waals surface area contributed by atoms with Gasteiger partial charge in [-0.05, 0) is 42.8 Å². The van der Waals surface area contributed by atoms with Crippen molar-refractivity contribution in [2.24, 2.45) is 0 Å². The molecule has 0 aliphatic carbocycles.